The Hall–Kier alpha value is -0.610. The number of rotatable bonds is 8. The predicted octanol–water partition coefficient (Wildman–Crippen LogP) is 1.76. The zero-order chi connectivity index (χ0) is 14.3. The van der Waals surface area contributed by atoms with E-state index in [0.29, 0.717) is 12.5 Å². The van der Waals surface area contributed by atoms with Gasteiger partial charge in [0.15, 0.2) is 0 Å². The molecule has 19 heavy (non-hydrogen) atoms. The molecule has 112 valence electrons. The molecule has 4 heteroatoms. The summed E-state index contributed by atoms with van der Waals surface area (Å²) in [5, 5.41) is 9.00. The molecule has 1 heterocycles. The second-order valence-corrected chi connectivity index (χ2v) is 5.90. The van der Waals surface area contributed by atoms with E-state index in [9.17, 15) is 4.79 Å². The third kappa shape index (κ3) is 3.93. The second-order valence-electron chi connectivity index (χ2n) is 5.90. The van der Waals surface area contributed by atoms with Crippen LogP contribution in [0.15, 0.2) is 0 Å². The largest absolute Gasteiger partial charge is 0.396 e. The molecule has 1 aliphatic rings. The Morgan fingerprint density at radius 1 is 1.37 bits per heavy atom. The predicted molar refractivity (Wildman–Crippen MR) is 77.7 cm³/mol. The molecule has 1 saturated heterocycles. The minimum absolute atomic E-state index is 0.221. The van der Waals surface area contributed by atoms with Gasteiger partial charge in [-0.05, 0) is 31.6 Å². The lowest BCUT2D eigenvalue weighted by atomic mass is 9.78. The van der Waals surface area contributed by atoms with Crippen LogP contribution in [0, 0.1) is 11.3 Å². The maximum atomic E-state index is 12.8. The fourth-order valence-corrected chi connectivity index (χ4v) is 3.36. The van der Waals surface area contributed by atoms with Crippen molar-refractivity contribution in [1.82, 2.24) is 4.90 Å². The topological polar surface area (TPSA) is 66.6 Å². The van der Waals surface area contributed by atoms with Crippen LogP contribution in [0.5, 0.6) is 0 Å². The minimum Gasteiger partial charge on any atom is -0.396 e. The lowest BCUT2D eigenvalue weighted by Gasteiger charge is -2.35. The molecule has 1 atom stereocenters. The lowest BCUT2D eigenvalue weighted by Crippen LogP contribution is -2.47. The molecule has 1 rings (SSSR count). The quantitative estimate of drug-likeness (QED) is 0.706. The van der Waals surface area contributed by atoms with Crippen LogP contribution >= 0.6 is 0 Å². The molecule has 0 saturated carbocycles. The molecule has 0 radical (unpaired) electrons. The summed E-state index contributed by atoms with van der Waals surface area (Å²) in [6, 6.07) is 0. The summed E-state index contributed by atoms with van der Waals surface area (Å²) in [6.45, 7) is 6.54. The van der Waals surface area contributed by atoms with Crippen LogP contribution in [-0.4, -0.2) is 42.2 Å². The van der Waals surface area contributed by atoms with Crippen LogP contribution in [-0.2, 0) is 4.79 Å². The molecule has 4 nitrogen and oxygen atoms in total. The van der Waals surface area contributed by atoms with Crippen molar-refractivity contribution < 1.29 is 9.90 Å². The molecular formula is C15H30N2O2. The number of aliphatic hydroxyl groups excluding tert-OH is 1. The number of carbonyl (C=O) groups excluding carboxylic acids is 1. The van der Waals surface area contributed by atoms with Crippen molar-refractivity contribution in [1.29, 1.82) is 0 Å². The average Bonchev–Trinajstić information content (AvgIpc) is 2.86. The van der Waals surface area contributed by atoms with Crippen molar-refractivity contribution in [3.05, 3.63) is 0 Å². The third-order valence-electron chi connectivity index (χ3n) is 4.41. The van der Waals surface area contributed by atoms with Crippen LogP contribution in [0.3, 0.4) is 0 Å². The van der Waals surface area contributed by atoms with Crippen LogP contribution < -0.4 is 5.73 Å². The maximum absolute atomic E-state index is 12.8. The zero-order valence-electron chi connectivity index (χ0n) is 12.5. The number of hydrogen-bond acceptors (Lipinski definition) is 3. The fraction of sp³-hybridized carbons (Fsp3) is 0.933. The van der Waals surface area contributed by atoms with E-state index in [4.69, 9.17) is 10.8 Å². The van der Waals surface area contributed by atoms with E-state index in [2.05, 4.69) is 13.8 Å². The van der Waals surface area contributed by atoms with Crippen molar-refractivity contribution in [2.45, 2.75) is 52.4 Å². The first kappa shape index (κ1) is 16.4. The lowest BCUT2D eigenvalue weighted by molar-refractivity contribution is -0.141. The highest BCUT2D eigenvalue weighted by Crippen LogP contribution is 2.33. The number of aliphatic hydroxyl groups is 1. The molecule has 0 aromatic rings. The van der Waals surface area contributed by atoms with Crippen LogP contribution in [0.4, 0.5) is 0 Å². The van der Waals surface area contributed by atoms with Gasteiger partial charge in [-0.15, -0.1) is 0 Å². The first-order chi connectivity index (χ1) is 9.13. The molecule has 0 aromatic heterocycles. The standard InChI is InChI=1S/C15H30N2O2/c1-3-7-15(12-16,8-4-2)14(19)17-9-5-13(11-17)6-10-18/h13,18H,3-12,16H2,1-2H3. The molecular weight excluding hydrogens is 240 g/mol. The molecule has 1 aliphatic heterocycles. The van der Waals surface area contributed by atoms with Gasteiger partial charge in [0.05, 0.1) is 5.41 Å². The third-order valence-corrected chi connectivity index (χ3v) is 4.41. The Bertz CT molecular complexity index is 275. The van der Waals surface area contributed by atoms with E-state index in [0.717, 1.165) is 51.6 Å². The van der Waals surface area contributed by atoms with Crippen molar-refractivity contribution in [2.24, 2.45) is 17.1 Å². The summed E-state index contributed by atoms with van der Waals surface area (Å²) in [5.74, 6) is 0.715. The molecule has 0 aromatic carbocycles. The van der Waals surface area contributed by atoms with Gasteiger partial charge in [0.25, 0.3) is 0 Å². The Morgan fingerprint density at radius 2 is 2.00 bits per heavy atom. The number of carbonyl (C=O) groups is 1. The first-order valence-electron chi connectivity index (χ1n) is 7.73. The molecule has 0 spiro atoms. The van der Waals surface area contributed by atoms with E-state index in [-0.39, 0.29) is 17.9 Å². The Kier molecular flexibility index (Phi) is 6.80. The highest BCUT2D eigenvalue weighted by molar-refractivity contribution is 5.83. The second kappa shape index (κ2) is 7.85. The van der Waals surface area contributed by atoms with Gasteiger partial charge in [-0.2, -0.15) is 0 Å². The van der Waals surface area contributed by atoms with E-state index in [1.807, 2.05) is 4.90 Å². The summed E-state index contributed by atoms with van der Waals surface area (Å²) in [5.41, 5.74) is 5.60. The molecule has 1 fully saturated rings. The average molecular weight is 270 g/mol. The fourth-order valence-electron chi connectivity index (χ4n) is 3.36. The van der Waals surface area contributed by atoms with Crippen molar-refractivity contribution in [3.8, 4) is 0 Å². The van der Waals surface area contributed by atoms with Crippen molar-refractivity contribution in [3.63, 3.8) is 0 Å². The highest BCUT2D eigenvalue weighted by Gasteiger charge is 2.40. The number of nitrogens with two attached hydrogens (primary N) is 1. The number of likely N-dealkylation sites (tertiary alicyclic amines) is 1. The van der Waals surface area contributed by atoms with Gasteiger partial charge in [-0.25, -0.2) is 0 Å². The van der Waals surface area contributed by atoms with E-state index < -0.39 is 0 Å². The summed E-state index contributed by atoms with van der Waals surface area (Å²) >= 11 is 0. The smallest absolute Gasteiger partial charge is 0.230 e. The monoisotopic (exact) mass is 270 g/mol. The SMILES string of the molecule is CCCC(CN)(CCC)C(=O)N1CCC(CCO)C1. The van der Waals surface area contributed by atoms with Gasteiger partial charge in [0.1, 0.15) is 0 Å². The van der Waals surface area contributed by atoms with Gasteiger partial charge in [-0.3, -0.25) is 4.79 Å². The molecule has 1 amide bonds. The number of hydrogen-bond donors (Lipinski definition) is 2. The van der Waals surface area contributed by atoms with E-state index in [1.54, 1.807) is 0 Å². The Labute approximate surface area is 117 Å². The van der Waals surface area contributed by atoms with Gasteiger partial charge < -0.3 is 15.7 Å². The molecule has 1 unspecified atom stereocenters. The van der Waals surface area contributed by atoms with Crippen LogP contribution in [0.1, 0.15) is 52.4 Å². The van der Waals surface area contributed by atoms with Crippen molar-refractivity contribution in [2.75, 3.05) is 26.2 Å². The van der Waals surface area contributed by atoms with Gasteiger partial charge in [0.2, 0.25) is 5.91 Å². The first-order valence-corrected chi connectivity index (χ1v) is 7.73. The van der Waals surface area contributed by atoms with Crippen molar-refractivity contribution >= 4 is 5.91 Å². The van der Waals surface area contributed by atoms with Gasteiger partial charge >= 0.3 is 0 Å². The number of nitrogens with zero attached hydrogens (tertiary/aromatic N) is 1. The normalized spacial score (nSPS) is 20.0. The molecule has 0 aliphatic carbocycles. The Balaban J connectivity index is 2.71. The van der Waals surface area contributed by atoms with E-state index in [1.165, 1.54) is 0 Å². The highest BCUT2D eigenvalue weighted by atomic mass is 16.3. The van der Waals surface area contributed by atoms with E-state index >= 15 is 0 Å². The van der Waals surface area contributed by atoms with Gasteiger partial charge in [-0.1, -0.05) is 26.7 Å². The number of amides is 1. The van der Waals surface area contributed by atoms with Crippen LogP contribution in [0.2, 0.25) is 0 Å². The summed E-state index contributed by atoms with van der Waals surface area (Å²) < 4.78 is 0. The van der Waals surface area contributed by atoms with Crippen LogP contribution in [0.25, 0.3) is 0 Å². The minimum atomic E-state index is -0.350. The molecule has 0 bridgehead atoms. The molecule has 3 N–H and O–H groups in total. The Morgan fingerprint density at radius 3 is 2.47 bits per heavy atom. The summed E-state index contributed by atoms with van der Waals surface area (Å²) in [7, 11) is 0. The summed E-state index contributed by atoms with van der Waals surface area (Å²) in [6.07, 6.45) is 5.59. The zero-order valence-corrected chi connectivity index (χ0v) is 12.5. The summed E-state index contributed by atoms with van der Waals surface area (Å²) in [4.78, 5) is 14.8. The van der Waals surface area contributed by atoms with Gasteiger partial charge in [0, 0.05) is 26.2 Å². The maximum Gasteiger partial charge on any atom is 0.230 e.